The van der Waals surface area contributed by atoms with Gasteiger partial charge in [-0.1, -0.05) is 6.92 Å². The third-order valence-corrected chi connectivity index (χ3v) is 4.87. The van der Waals surface area contributed by atoms with E-state index in [-0.39, 0.29) is 30.3 Å². The number of hydrogen-bond acceptors (Lipinski definition) is 5. The summed E-state index contributed by atoms with van der Waals surface area (Å²) in [6.45, 7) is 6.01. The van der Waals surface area contributed by atoms with Crippen molar-refractivity contribution in [3.63, 3.8) is 0 Å². The van der Waals surface area contributed by atoms with Gasteiger partial charge >= 0.3 is 0 Å². The van der Waals surface area contributed by atoms with Crippen LogP contribution in [0.15, 0.2) is 29.2 Å². The largest absolute Gasteiger partial charge is 0.339 e. The highest BCUT2D eigenvalue weighted by molar-refractivity contribution is 7.08. The van der Waals surface area contributed by atoms with E-state index in [1.165, 1.54) is 16.1 Å². The molecule has 24 heavy (non-hydrogen) atoms. The Morgan fingerprint density at radius 3 is 2.62 bits per heavy atom. The fraction of sp³-hybridized carbons (Fsp3) is 0.500. The predicted molar refractivity (Wildman–Crippen MR) is 90.6 cm³/mol. The van der Waals surface area contributed by atoms with Crippen molar-refractivity contribution in [1.29, 1.82) is 0 Å². The summed E-state index contributed by atoms with van der Waals surface area (Å²) in [6.07, 6.45) is 3.12. The van der Waals surface area contributed by atoms with Crippen molar-refractivity contribution in [1.82, 2.24) is 24.8 Å². The minimum atomic E-state index is -0.0307. The number of nitrogens with zero attached hydrogens (tertiary/aromatic N) is 5. The second kappa shape index (κ2) is 7.12. The first-order valence-electron chi connectivity index (χ1n) is 7.99. The van der Waals surface area contributed by atoms with Gasteiger partial charge in [0.15, 0.2) is 0 Å². The van der Waals surface area contributed by atoms with Gasteiger partial charge in [-0.05, 0) is 24.3 Å². The number of amides is 2. The van der Waals surface area contributed by atoms with Gasteiger partial charge < -0.3 is 9.80 Å². The van der Waals surface area contributed by atoms with E-state index in [4.69, 9.17) is 0 Å². The Hall–Kier alpha value is -2.22. The Balaban J connectivity index is 1.70. The summed E-state index contributed by atoms with van der Waals surface area (Å²) < 4.78 is 0. The van der Waals surface area contributed by atoms with Gasteiger partial charge in [0.2, 0.25) is 5.91 Å². The number of carbonyl (C=O) groups excluding carboxylic acids is 2. The van der Waals surface area contributed by atoms with Crippen molar-refractivity contribution in [2.24, 2.45) is 5.92 Å². The number of rotatable bonds is 3. The molecule has 0 aromatic carbocycles. The van der Waals surface area contributed by atoms with Crippen molar-refractivity contribution in [2.45, 2.75) is 26.4 Å². The third kappa shape index (κ3) is 3.64. The molecule has 0 aliphatic carbocycles. The highest BCUT2D eigenvalue weighted by atomic mass is 32.1. The molecule has 0 bridgehead atoms. The van der Waals surface area contributed by atoms with Gasteiger partial charge in [0.05, 0.1) is 18.0 Å². The zero-order chi connectivity index (χ0) is 17.1. The number of hydrogen-bond donors (Lipinski definition) is 0. The van der Waals surface area contributed by atoms with Crippen molar-refractivity contribution in [2.75, 3.05) is 19.6 Å². The second-order valence-electron chi connectivity index (χ2n) is 6.28. The Kier molecular flexibility index (Phi) is 4.94. The zero-order valence-electron chi connectivity index (χ0n) is 13.8. The van der Waals surface area contributed by atoms with E-state index in [2.05, 4.69) is 17.1 Å². The molecule has 0 N–H and O–H groups in total. The van der Waals surface area contributed by atoms with Gasteiger partial charge in [-0.15, -0.1) is 0 Å². The van der Waals surface area contributed by atoms with Crippen LogP contribution < -0.4 is 0 Å². The molecule has 8 heteroatoms. The fourth-order valence-corrected chi connectivity index (χ4v) is 3.66. The van der Waals surface area contributed by atoms with Gasteiger partial charge in [0.1, 0.15) is 6.54 Å². The Bertz CT molecular complexity index is 685. The lowest BCUT2D eigenvalue weighted by molar-refractivity contribution is -0.132. The van der Waals surface area contributed by atoms with E-state index in [0.717, 1.165) is 5.56 Å². The lowest BCUT2D eigenvalue weighted by atomic mass is 10.1. The van der Waals surface area contributed by atoms with Crippen LogP contribution in [0.1, 0.15) is 24.2 Å². The third-order valence-electron chi connectivity index (χ3n) is 4.18. The molecule has 0 saturated carbocycles. The van der Waals surface area contributed by atoms with Crippen LogP contribution in [0, 0.1) is 5.92 Å². The Labute approximate surface area is 144 Å². The van der Waals surface area contributed by atoms with Gasteiger partial charge in [-0.3, -0.25) is 9.59 Å². The molecule has 2 aromatic rings. The number of thiophene rings is 1. The molecule has 2 unspecified atom stereocenters. The highest BCUT2D eigenvalue weighted by Crippen LogP contribution is 2.19. The van der Waals surface area contributed by atoms with Crippen LogP contribution in [0.3, 0.4) is 0 Å². The van der Waals surface area contributed by atoms with E-state index in [9.17, 15) is 9.59 Å². The fourth-order valence-electron chi connectivity index (χ4n) is 3.03. The average Bonchev–Trinajstić information content (AvgIpc) is 3.22. The smallest absolute Gasteiger partial charge is 0.255 e. The first-order valence-corrected chi connectivity index (χ1v) is 8.94. The average molecular weight is 347 g/mol. The molecule has 1 fully saturated rings. The maximum atomic E-state index is 12.7. The van der Waals surface area contributed by atoms with E-state index in [0.29, 0.717) is 19.6 Å². The standard InChI is InChI=1S/C16H21N5O2S/c1-12-7-19(15(22)10-21-17-4-5-18-21)9-13(2)20(8-12)16(23)14-3-6-24-11-14/h3-6,11-13H,7-10H2,1-2H3. The summed E-state index contributed by atoms with van der Waals surface area (Å²) in [5.41, 5.74) is 0.722. The quantitative estimate of drug-likeness (QED) is 0.840. The molecule has 0 spiro atoms. The predicted octanol–water partition coefficient (Wildman–Crippen LogP) is 1.35. The SMILES string of the molecule is CC1CN(C(=O)Cn2nccn2)CC(C)N(C(=O)c2ccsc2)C1. The maximum Gasteiger partial charge on any atom is 0.255 e. The first-order chi connectivity index (χ1) is 11.5. The molecule has 3 rings (SSSR count). The highest BCUT2D eigenvalue weighted by Gasteiger charge is 2.31. The molecule has 2 aromatic heterocycles. The minimum absolute atomic E-state index is 0.0188. The van der Waals surface area contributed by atoms with Gasteiger partial charge in [0, 0.05) is 31.1 Å². The van der Waals surface area contributed by atoms with Crippen LogP contribution in [0.5, 0.6) is 0 Å². The topological polar surface area (TPSA) is 71.3 Å². The van der Waals surface area contributed by atoms with Crippen LogP contribution in [-0.4, -0.2) is 62.3 Å². The van der Waals surface area contributed by atoms with Crippen molar-refractivity contribution in [3.05, 3.63) is 34.8 Å². The van der Waals surface area contributed by atoms with Crippen LogP contribution in [-0.2, 0) is 11.3 Å². The van der Waals surface area contributed by atoms with E-state index in [1.54, 1.807) is 12.4 Å². The van der Waals surface area contributed by atoms with Gasteiger partial charge in [-0.2, -0.15) is 26.3 Å². The number of aromatic nitrogens is 3. The molecule has 128 valence electrons. The van der Waals surface area contributed by atoms with Crippen LogP contribution >= 0.6 is 11.3 Å². The van der Waals surface area contributed by atoms with Gasteiger partial charge in [0.25, 0.3) is 5.91 Å². The maximum absolute atomic E-state index is 12.7. The normalized spacial score (nSPS) is 21.6. The zero-order valence-corrected chi connectivity index (χ0v) is 14.6. The van der Waals surface area contributed by atoms with Crippen LogP contribution in [0.2, 0.25) is 0 Å². The molecule has 2 atom stereocenters. The molecule has 0 radical (unpaired) electrons. The Morgan fingerprint density at radius 1 is 1.21 bits per heavy atom. The monoisotopic (exact) mass is 347 g/mol. The summed E-state index contributed by atoms with van der Waals surface area (Å²) in [5, 5.41) is 11.7. The Morgan fingerprint density at radius 2 is 1.96 bits per heavy atom. The molecule has 1 aliphatic heterocycles. The molecule has 2 amide bonds. The summed E-state index contributed by atoms with van der Waals surface area (Å²) in [6, 6.07) is 1.82. The lowest BCUT2D eigenvalue weighted by Crippen LogP contribution is -2.44. The van der Waals surface area contributed by atoms with E-state index < -0.39 is 0 Å². The molecule has 3 heterocycles. The molecular formula is C16H21N5O2S. The minimum Gasteiger partial charge on any atom is -0.339 e. The second-order valence-corrected chi connectivity index (χ2v) is 7.06. The summed E-state index contributed by atoms with van der Waals surface area (Å²) >= 11 is 1.52. The van der Waals surface area contributed by atoms with Crippen molar-refractivity contribution >= 4 is 23.2 Å². The summed E-state index contributed by atoms with van der Waals surface area (Å²) in [7, 11) is 0. The molecule has 1 saturated heterocycles. The number of carbonyl (C=O) groups is 2. The van der Waals surface area contributed by atoms with Crippen molar-refractivity contribution < 1.29 is 9.59 Å². The lowest BCUT2D eigenvalue weighted by Gasteiger charge is -2.29. The first kappa shape index (κ1) is 16.6. The molecule has 1 aliphatic rings. The van der Waals surface area contributed by atoms with Crippen molar-refractivity contribution in [3.8, 4) is 0 Å². The molecule has 7 nitrogen and oxygen atoms in total. The van der Waals surface area contributed by atoms with Crippen LogP contribution in [0.4, 0.5) is 0 Å². The van der Waals surface area contributed by atoms with Crippen LogP contribution in [0.25, 0.3) is 0 Å². The van der Waals surface area contributed by atoms with E-state index in [1.807, 2.05) is 33.6 Å². The summed E-state index contributed by atoms with van der Waals surface area (Å²) in [4.78, 5) is 30.3. The molecular weight excluding hydrogens is 326 g/mol. The van der Waals surface area contributed by atoms with Gasteiger partial charge in [-0.25, -0.2) is 0 Å². The van der Waals surface area contributed by atoms with E-state index >= 15 is 0 Å². The summed E-state index contributed by atoms with van der Waals surface area (Å²) in [5.74, 6) is 0.237.